The predicted octanol–water partition coefficient (Wildman–Crippen LogP) is 3.31. The molecule has 0 aliphatic rings. The highest BCUT2D eigenvalue weighted by Crippen LogP contribution is 2.11. The molecule has 2 N–H and O–H groups in total. The highest BCUT2D eigenvalue weighted by atomic mass is 16.3. The van der Waals surface area contributed by atoms with Crippen LogP contribution < -0.4 is 10.6 Å². The quantitative estimate of drug-likeness (QED) is 0.713. The van der Waals surface area contributed by atoms with E-state index >= 15 is 0 Å². The molecular weight excluding hydrogens is 328 g/mol. The second kappa shape index (κ2) is 8.36. The van der Waals surface area contributed by atoms with Crippen LogP contribution in [0.1, 0.15) is 26.5 Å². The Morgan fingerprint density at radius 2 is 1.65 bits per heavy atom. The summed E-state index contributed by atoms with van der Waals surface area (Å²) in [5.41, 5.74) is 1.97. The van der Waals surface area contributed by atoms with Crippen LogP contribution in [-0.2, 0) is 0 Å². The smallest absolute Gasteiger partial charge is 0.291 e. The minimum absolute atomic E-state index is 0.226. The molecule has 3 aromatic rings. The fourth-order valence-corrected chi connectivity index (χ4v) is 2.20. The average molecular weight is 344 g/mol. The lowest BCUT2D eigenvalue weighted by Gasteiger charge is -2.05. The SMILES string of the molecule is O=C(NCC#Cc1ccccc1)c1ccc(NC(=O)c2ccco2)cc1. The molecule has 0 bridgehead atoms. The van der Waals surface area contributed by atoms with Crippen LogP contribution in [0.4, 0.5) is 5.69 Å². The first kappa shape index (κ1) is 17.1. The zero-order valence-corrected chi connectivity index (χ0v) is 13.9. The van der Waals surface area contributed by atoms with Crippen LogP contribution in [0.25, 0.3) is 0 Å². The van der Waals surface area contributed by atoms with E-state index in [1.165, 1.54) is 6.26 Å². The van der Waals surface area contributed by atoms with E-state index < -0.39 is 0 Å². The molecule has 1 aromatic heterocycles. The van der Waals surface area contributed by atoms with Gasteiger partial charge in [0.1, 0.15) is 0 Å². The highest BCUT2D eigenvalue weighted by molar-refractivity contribution is 6.02. The standard InChI is InChI=1S/C21H16N2O3/c24-20(22-14-4-8-16-6-2-1-3-7-16)17-10-12-18(13-11-17)23-21(25)19-9-5-15-26-19/h1-3,5-7,9-13,15H,14H2,(H,22,24)(H,23,25). The van der Waals surface area contributed by atoms with Gasteiger partial charge in [0.15, 0.2) is 5.76 Å². The maximum absolute atomic E-state index is 12.1. The minimum atomic E-state index is -0.344. The monoisotopic (exact) mass is 344 g/mol. The molecule has 0 aliphatic heterocycles. The molecule has 2 aromatic carbocycles. The Labute approximate surface area is 151 Å². The average Bonchev–Trinajstić information content (AvgIpc) is 3.21. The summed E-state index contributed by atoms with van der Waals surface area (Å²) in [4.78, 5) is 24.0. The van der Waals surface area contributed by atoms with Gasteiger partial charge in [0.25, 0.3) is 11.8 Å². The summed E-state index contributed by atoms with van der Waals surface area (Å²) in [5.74, 6) is 5.54. The summed E-state index contributed by atoms with van der Waals surface area (Å²) in [6.07, 6.45) is 1.43. The molecule has 5 heteroatoms. The van der Waals surface area contributed by atoms with Gasteiger partial charge in [0.05, 0.1) is 12.8 Å². The Hall–Kier alpha value is -3.78. The fourth-order valence-electron chi connectivity index (χ4n) is 2.20. The number of hydrogen-bond acceptors (Lipinski definition) is 3. The Bertz CT molecular complexity index is 934. The molecular formula is C21H16N2O3. The van der Waals surface area contributed by atoms with Gasteiger partial charge in [-0.2, -0.15) is 0 Å². The molecule has 0 unspecified atom stereocenters. The fraction of sp³-hybridized carbons (Fsp3) is 0.0476. The van der Waals surface area contributed by atoms with Crippen LogP contribution in [0.3, 0.4) is 0 Å². The molecule has 0 saturated carbocycles. The molecule has 0 fully saturated rings. The van der Waals surface area contributed by atoms with Crippen molar-refractivity contribution in [2.45, 2.75) is 0 Å². The van der Waals surface area contributed by atoms with Gasteiger partial charge >= 0.3 is 0 Å². The van der Waals surface area contributed by atoms with Crippen LogP contribution in [0, 0.1) is 11.8 Å². The van der Waals surface area contributed by atoms with Gasteiger partial charge in [-0.1, -0.05) is 30.0 Å². The lowest BCUT2D eigenvalue weighted by atomic mass is 10.2. The van der Waals surface area contributed by atoms with Crippen molar-refractivity contribution in [3.63, 3.8) is 0 Å². The van der Waals surface area contributed by atoms with Crippen molar-refractivity contribution in [3.8, 4) is 11.8 Å². The lowest BCUT2D eigenvalue weighted by Crippen LogP contribution is -2.23. The van der Waals surface area contributed by atoms with Gasteiger partial charge in [-0.25, -0.2) is 0 Å². The summed E-state index contributed by atoms with van der Waals surface area (Å²) in [7, 11) is 0. The van der Waals surface area contributed by atoms with Gasteiger partial charge in [-0.3, -0.25) is 9.59 Å². The van der Waals surface area contributed by atoms with Crippen molar-refractivity contribution in [3.05, 3.63) is 89.9 Å². The van der Waals surface area contributed by atoms with E-state index in [0.717, 1.165) is 5.56 Å². The maximum atomic E-state index is 12.1. The van der Waals surface area contributed by atoms with Crippen molar-refractivity contribution in [2.75, 3.05) is 11.9 Å². The third kappa shape index (κ3) is 4.62. The molecule has 0 saturated heterocycles. The van der Waals surface area contributed by atoms with Gasteiger partial charge in [-0.05, 0) is 48.5 Å². The number of carbonyl (C=O) groups excluding carboxylic acids is 2. The molecule has 3 rings (SSSR count). The van der Waals surface area contributed by atoms with Gasteiger partial charge < -0.3 is 15.1 Å². The van der Waals surface area contributed by atoms with Crippen LogP contribution >= 0.6 is 0 Å². The lowest BCUT2D eigenvalue weighted by molar-refractivity contribution is 0.0957. The van der Waals surface area contributed by atoms with Crippen LogP contribution in [-0.4, -0.2) is 18.4 Å². The normalized spacial score (nSPS) is 9.69. The van der Waals surface area contributed by atoms with E-state index in [1.54, 1.807) is 36.4 Å². The molecule has 0 aliphatic carbocycles. The van der Waals surface area contributed by atoms with Gasteiger partial charge in [0, 0.05) is 16.8 Å². The number of benzene rings is 2. The largest absolute Gasteiger partial charge is 0.459 e. The van der Waals surface area contributed by atoms with E-state index in [4.69, 9.17) is 4.42 Å². The van der Waals surface area contributed by atoms with E-state index in [1.807, 2.05) is 30.3 Å². The zero-order chi connectivity index (χ0) is 18.2. The molecule has 2 amide bonds. The first-order valence-electron chi connectivity index (χ1n) is 7.99. The number of furan rings is 1. The summed E-state index contributed by atoms with van der Waals surface area (Å²) in [6, 6.07) is 19.4. The molecule has 1 heterocycles. The number of nitrogens with one attached hydrogen (secondary N) is 2. The second-order valence-corrected chi connectivity index (χ2v) is 5.36. The predicted molar refractivity (Wildman–Crippen MR) is 98.8 cm³/mol. The Morgan fingerprint density at radius 3 is 2.35 bits per heavy atom. The van der Waals surface area contributed by atoms with E-state index in [9.17, 15) is 9.59 Å². The molecule has 26 heavy (non-hydrogen) atoms. The van der Waals surface area contributed by atoms with E-state index in [2.05, 4.69) is 22.5 Å². The van der Waals surface area contributed by atoms with Crippen molar-refractivity contribution in [1.29, 1.82) is 0 Å². The number of carbonyl (C=O) groups is 2. The van der Waals surface area contributed by atoms with Crippen LogP contribution in [0.5, 0.6) is 0 Å². The summed E-state index contributed by atoms with van der Waals surface area (Å²) in [6.45, 7) is 0.255. The van der Waals surface area contributed by atoms with Crippen LogP contribution in [0.15, 0.2) is 77.4 Å². The highest BCUT2D eigenvalue weighted by Gasteiger charge is 2.09. The van der Waals surface area contributed by atoms with Crippen molar-refractivity contribution in [1.82, 2.24) is 5.32 Å². The number of rotatable bonds is 4. The number of anilines is 1. The second-order valence-electron chi connectivity index (χ2n) is 5.36. The van der Waals surface area contributed by atoms with Crippen molar-refractivity contribution < 1.29 is 14.0 Å². The molecule has 5 nitrogen and oxygen atoms in total. The van der Waals surface area contributed by atoms with Gasteiger partial charge in [0.2, 0.25) is 0 Å². The summed E-state index contributed by atoms with van der Waals surface area (Å²) >= 11 is 0. The summed E-state index contributed by atoms with van der Waals surface area (Å²) < 4.78 is 5.03. The molecule has 0 radical (unpaired) electrons. The minimum Gasteiger partial charge on any atom is -0.459 e. The first-order chi connectivity index (χ1) is 12.7. The molecule has 128 valence electrons. The van der Waals surface area contributed by atoms with E-state index in [0.29, 0.717) is 11.3 Å². The summed E-state index contributed by atoms with van der Waals surface area (Å²) in [5, 5.41) is 5.43. The Morgan fingerprint density at radius 1 is 0.885 bits per heavy atom. The van der Waals surface area contributed by atoms with Crippen molar-refractivity contribution >= 4 is 17.5 Å². The zero-order valence-electron chi connectivity index (χ0n) is 13.9. The maximum Gasteiger partial charge on any atom is 0.291 e. The van der Waals surface area contributed by atoms with E-state index in [-0.39, 0.29) is 24.1 Å². The van der Waals surface area contributed by atoms with Crippen LogP contribution in [0.2, 0.25) is 0 Å². The third-order valence-corrected chi connectivity index (χ3v) is 3.49. The van der Waals surface area contributed by atoms with Gasteiger partial charge in [-0.15, -0.1) is 0 Å². The topological polar surface area (TPSA) is 71.3 Å². The Kier molecular flexibility index (Phi) is 5.48. The molecule has 0 spiro atoms. The number of hydrogen-bond donors (Lipinski definition) is 2. The third-order valence-electron chi connectivity index (χ3n) is 3.49. The first-order valence-corrected chi connectivity index (χ1v) is 7.99. The number of amides is 2. The molecule has 0 atom stereocenters. The van der Waals surface area contributed by atoms with Crippen molar-refractivity contribution in [2.24, 2.45) is 0 Å². The Balaban J connectivity index is 1.52.